The van der Waals surface area contributed by atoms with Gasteiger partial charge in [-0.15, -0.1) is 24.0 Å². The number of benzene rings is 1. The molecule has 0 radical (unpaired) electrons. The van der Waals surface area contributed by atoms with Gasteiger partial charge in [0.05, 0.1) is 26.9 Å². The van der Waals surface area contributed by atoms with Gasteiger partial charge in [-0.25, -0.2) is 4.99 Å². The van der Waals surface area contributed by atoms with Gasteiger partial charge >= 0.3 is 0 Å². The van der Waals surface area contributed by atoms with Crippen molar-refractivity contribution in [2.24, 2.45) is 4.99 Å². The number of ether oxygens (including phenoxy) is 3. The lowest BCUT2D eigenvalue weighted by Crippen LogP contribution is -2.46. The summed E-state index contributed by atoms with van der Waals surface area (Å²) in [5.41, 5.74) is 0. The van der Waals surface area contributed by atoms with Crippen molar-refractivity contribution in [2.75, 3.05) is 73.7 Å². The van der Waals surface area contributed by atoms with Crippen LogP contribution >= 0.6 is 24.0 Å². The summed E-state index contributed by atoms with van der Waals surface area (Å²) in [6.07, 6.45) is -0.128. The van der Waals surface area contributed by atoms with E-state index in [4.69, 9.17) is 14.2 Å². The monoisotopic (exact) mass is 549 g/mol. The molecule has 31 heavy (non-hydrogen) atoms. The van der Waals surface area contributed by atoms with Gasteiger partial charge in [0, 0.05) is 40.3 Å². The molecule has 1 amide bonds. The third-order valence-electron chi connectivity index (χ3n) is 4.65. The third kappa shape index (κ3) is 10.4. The van der Waals surface area contributed by atoms with Gasteiger partial charge in [0.2, 0.25) is 5.91 Å². The first-order valence-corrected chi connectivity index (χ1v) is 10.3. The highest BCUT2D eigenvalue weighted by atomic mass is 127. The number of likely N-dealkylation sites (N-methyl/N-ethyl adjacent to an activating group) is 1. The number of halogens is 1. The highest BCUT2D eigenvalue weighted by molar-refractivity contribution is 14.0. The van der Waals surface area contributed by atoms with E-state index in [2.05, 4.69) is 20.5 Å². The number of carbonyl (C=O) groups is 1. The first-order chi connectivity index (χ1) is 14.5. The second kappa shape index (κ2) is 15.1. The Kier molecular flexibility index (Phi) is 13.3. The van der Waals surface area contributed by atoms with Crippen molar-refractivity contribution in [3.05, 3.63) is 24.3 Å². The number of nitrogens with one attached hydrogen (secondary N) is 2. The number of carbonyl (C=O) groups excluding carboxylic acids is 1. The summed E-state index contributed by atoms with van der Waals surface area (Å²) >= 11 is 0. The average molecular weight is 549 g/mol. The highest BCUT2D eigenvalue weighted by Crippen LogP contribution is 2.26. The summed E-state index contributed by atoms with van der Waals surface area (Å²) < 4.78 is 16.7. The van der Waals surface area contributed by atoms with E-state index in [1.54, 1.807) is 21.2 Å². The number of morpholine rings is 1. The molecular weight excluding hydrogens is 513 g/mol. The number of hydrogen-bond acceptors (Lipinski definition) is 6. The summed E-state index contributed by atoms with van der Waals surface area (Å²) in [4.78, 5) is 20.2. The van der Waals surface area contributed by atoms with E-state index >= 15 is 0 Å². The number of aliphatic imine (C=N–C) groups is 1. The summed E-state index contributed by atoms with van der Waals surface area (Å²) in [5.74, 6) is 1.92. The molecule has 0 aliphatic carbocycles. The number of para-hydroxylation sites is 2. The smallest absolute Gasteiger partial charge is 0.243 e. The van der Waals surface area contributed by atoms with Crippen LogP contribution < -0.4 is 20.1 Å². The Labute approximate surface area is 202 Å². The largest absolute Gasteiger partial charge is 0.493 e. The highest BCUT2D eigenvalue weighted by Gasteiger charge is 2.12. The lowest BCUT2D eigenvalue weighted by molar-refractivity contribution is -0.127. The second-order valence-corrected chi connectivity index (χ2v) is 7.29. The maximum absolute atomic E-state index is 11.9. The van der Waals surface area contributed by atoms with Crippen molar-refractivity contribution in [3.8, 4) is 11.5 Å². The first kappa shape index (κ1) is 27.2. The molecule has 0 bridgehead atoms. The molecule has 2 rings (SSSR count). The molecule has 2 N–H and O–H groups in total. The first-order valence-electron chi connectivity index (χ1n) is 10.3. The van der Waals surface area contributed by atoms with Gasteiger partial charge in [0.25, 0.3) is 0 Å². The predicted octanol–water partition coefficient (Wildman–Crippen LogP) is 1.04. The summed E-state index contributed by atoms with van der Waals surface area (Å²) in [6.45, 7) is 7.61. The molecule has 1 saturated heterocycles. The van der Waals surface area contributed by atoms with Gasteiger partial charge < -0.3 is 29.7 Å². The predicted molar refractivity (Wildman–Crippen MR) is 133 cm³/mol. The van der Waals surface area contributed by atoms with Crippen LogP contribution in [0.4, 0.5) is 0 Å². The second-order valence-electron chi connectivity index (χ2n) is 7.29. The van der Waals surface area contributed by atoms with Gasteiger partial charge in [-0.1, -0.05) is 12.1 Å². The quantitative estimate of drug-likeness (QED) is 0.256. The third-order valence-corrected chi connectivity index (χ3v) is 4.65. The van der Waals surface area contributed by atoms with Crippen LogP contribution in [0.1, 0.15) is 6.92 Å². The Bertz CT molecular complexity index is 683. The SMILES string of the molecule is COc1ccccc1OC(C)CNC(=NCC(=O)N(C)C)NCCN1CCOCC1.I. The molecule has 1 fully saturated rings. The normalized spacial score (nSPS) is 15.4. The lowest BCUT2D eigenvalue weighted by atomic mass is 10.3. The van der Waals surface area contributed by atoms with E-state index in [1.807, 2.05) is 31.2 Å². The van der Waals surface area contributed by atoms with E-state index in [9.17, 15) is 4.79 Å². The van der Waals surface area contributed by atoms with Crippen molar-refractivity contribution in [2.45, 2.75) is 13.0 Å². The van der Waals surface area contributed by atoms with Crippen LogP contribution in [-0.4, -0.2) is 101 Å². The standard InChI is InChI=1S/C21H35N5O4.HI/c1-17(30-19-8-6-5-7-18(19)28-4)15-23-21(24-16-20(27)25(2)3)22-9-10-26-11-13-29-14-12-26;/h5-8,17H,9-16H2,1-4H3,(H2,22,23,24);1H. The van der Waals surface area contributed by atoms with Crippen LogP contribution in [0.5, 0.6) is 11.5 Å². The zero-order chi connectivity index (χ0) is 21.8. The van der Waals surface area contributed by atoms with E-state index in [0.29, 0.717) is 24.0 Å². The van der Waals surface area contributed by atoms with Gasteiger partial charge in [0.1, 0.15) is 12.6 Å². The van der Waals surface area contributed by atoms with E-state index < -0.39 is 0 Å². The summed E-state index contributed by atoms with van der Waals surface area (Å²) in [5, 5.41) is 6.58. The van der Waals surface area contributed by atoms with Crippen molar-refractivity contribution in [1.29, 1.82) is 0 Å². The fourth-order valence-corrected chi connectivity index (χ4v) is 2.83. The summed E-state index contributed by atoms with van der Waals surface area (Å²) in [7, 11) is 5.07. The molecule has 10 heteroatoms. The summed E-state index contributed by atoms with van der Waals surface area (Å²) in [6, 6.07) is 7.55. The Morgan fingerprint density at radius 2 is 1.90 bits per heavy atom. The van der Waals surface area contributed by atoms with Crippen LogP contribution in [0.15, 0.2) is 29.3 Å². The molecule has 1 aromatic rings. The molecule has 1 heterocycles. The molecular formula is C21H36IN5O4. The molecule has 1 atom stereocenters. The Morgan fingerprint density at radius 3 is 2.55 bits per heavy atom. The zero-order valence-corrected chi connectivity index (χ0v) is 21.3. The lowest BCUT2D eigenvalue weighted by Gasteiger charge is -2.27. The van der Waals surface area contributed by atoms with E-state index in [-0.39, 0.29) is 42.5 Å². The van der Waals surface area contributed by atoms with Crippen LogP contribution in [0, 0.1) is 0 Å². The van der Waals surface area contributed by atoms with Gasteiger partial charge in [-0.2, -0.15) is 0 Å². The van der Waals surface area contributed by atoms with Crippen molar-refractivity contribution >= 4 is 35.8 Å². The fraction of sp³-hybridized carbons (Fsp3) is 0.619. The van der Waals surface area contributed by atoms with E-state index in [0.717, 1.165) is 39.4 Å². The van der Waals surface area contributed by atoms with Crippen LogP contribution in [0.25, 0.3) is 0 Å². The molecule has 0 saturated carbocycles. The maximum Gasteiger partial charge on any atom is 0.243 e. The van der Waals surface area contributed by atoms with Crippen molar-refractivity contribution in [3.63, 3.8) is 0 Å². The maximum atomic E-state index is 11.9. The Hall–Kier alpha value is -1.79. The fourth-order valence-electron chi connectivity index (χ4n) is 2.83. The zero-order valence-electron chi connectivity index (χ0n) is 18.9. The molecule has 0 aromatic heterocycles. The number of amides is 1. The van der Waals surface area contributed by atoms with Crippen molar-refractivity contribution in [1.82, 2.24) is 20.4 Å². The minimum Gasteiger partial charge on any atom is -0.493 e. The number of guanidine groups is 1. The van der Waals surface area contributed by atoms with Crippen LogP contribution in [0.2, 0.25) is 0 Å². The van der Waals surface area contributed by atoms with Gasteiger partial charge in [-0.3, -0.25) is 9.69 Å². The molecule has 1 unspecified atom stereocenters. The molecule has 0 spiro atoms. The molecule has 1 aliphatic rings. The molecule has 9 nitrogen and oxygen atoms in total. The van der Waals surface area contributed by atoms with Crippen molar-refractivity contribution < 1.29 is 19.0 Å². The number of methoxy groups -OCH3 is 1. The number of hydrogen-bond donors (Lipinski definition) is 2. The average Bonchev–Trinajstić information content (AvgIpc) is 2.76. The van der Waals surface area contributed by atoms with Gasteiger partial charge in [0.15, 0.2) is 17.5 Å². The molecule has 1 aliphatic heterocycles. The van der Waals surface area contributed by atoms with Crippen LogP contribution in [0.3, 0.4) is 0 Å². The van der Waals surface area contributed by atoms with Gasteiger partial charge in [-0.05, 0) is 19.1 Å². The Morgan fingerprint density at radius 1 is 1.23 bits per heavy atom. The van der Waals surface area contributed by atoms with E-state index in [1.165, 1.54) is 4.90 Å². The molecule has 1 aromatic carbocycles. The topological polar surface area (TPSA) is 87.7 Å². The number of nitrogens with zero attached hydrogens (tertiary/aromatic N) is 3. The Balaban J connectivity index is 0.00000480. The molecule has 176 valence electrons. The minimum absolute atomic E-state index is 0. The minimum atomic E-state index is -0.128. The van der Waals surface area contributed by atoms with Crippen LogP contribution in [-0.2, 0) is 9.53 Å². The number of rotatable bonds is 10.